The number of likely N-dealkylation sites (tertiary alicyclic amines) is 1. The molecule has 1 fully saturated rings. The van der Waals surface area contributed by atoms with Gasteiger partial charge in [0.1, 0.15) is 5.65 Å². The molecule has 1 amide bonds. The summed E-state index contributed by atoms with van der Waals surface area (Å²) in [7, 11) is 0. The van der Waals surface area contributed by atoms with Crippen molar-refractivity contribution in [2.45, 2.75) is 38.6 Å². The van der Waals surface area contributed by atoms with Crippen LogP contribution in [0.15, 0.2) is 35.3 Å². The number of fused-ring (bicyclic) bond motifs is 1. The van der Waals surface area contributed by atoms with Crippen molar-refractivity contribution in [3.8, 4) is 0 Å². The predicted molar refractivity (Wildman–Crippen MR) is 92.8 cm³/mol. The first kappa shape index (κ1) is 16.6. The first-order valence-electron chi connectivity index (χ1n) is 8.70. The number of aromatic nitrogens is 2. The van der Waals surface area contributed by atoms with Crippen molar-refractivity contribution < 1.29 is 4.79 Å². The van der Waals surface area contributed by atoms with Crippen LogP contribution in [0.5, 0.6) is 0 Å². The standard InChI is InChI=1S/C18H24N4O2/c23-17-8-2-1-4-10-21(17)11-6-9-19-14-15-13-18(24)22-12-5-3-7-16(22)20-15/h3,5,7,12-13,19H,1-2,4,6,8-11,14H2. The fourth-order valence-corrected chi connectivity index (χ4v) is 3.08. The summed E-state index contributed by atoms with van der Waals surface area (Å²) in [6.45, 7) is 3.07. The minimum Gasteiger partial charge on any atom is -0.343 e. The molecule has 0 spiro atoms. The van der Waals surface area contributed by atoms with Crippen molar-refractivity contribution in [3.63, 3.8) is 0 Å². The molecule has 0 saturated carbocycles. The molecule has 128 valence electrons. The second-order valence-electron chi connectivity index (χ2n) is 6.24. The van der Waals surface area contributed by atoms with Crippen LogP contribution in [0.2, 0.25) is 0 Å². The summed E-state index contributed by atoms with van der Waals surface area (Å²) in [5.74, 6) is 0.289. The Morgan fingerprint density at radius 1 is 1.17 bits per heavy atom. The molecule has 1 aliphatic heterocycles. The molecule has 0 bridgehead atoms. The van der Waals surface area contributed by atoms with Crippen molar-refractivity contribution in [2.75, 3.05) is 19.6 Å². The van der Waals surface area contributed by atoms with E-state index in [1.54, 1.807) is 12.3 Å². The van der Waals surface area contributed by atoms with Gasteiger partial charge in [-0.3, -0.25) is 14.0 Å². The quantitative estimate of drug-likeness (QED) is 0.818. The van der Waals surface area contributed by atoms with E-state index in [0.29, 0.717) is 18.6 Å². The summed E-state index contributed by atoms with van der Waals surface area (Å²) in [4.78, 5) is 30.4. The second kappa shape index (κ2) is 8.06. The zero-order valence-corrected chi connectivity index (χ0v) is 13.9. The number of carbonyl (C=O) groups is 1. The number of nitrogens with zero attached hydrogens (tertiary/aromatic N) is 3. The summed E-state index contributed by atoms with van der Waals surface area (Å²) in [5, 5.41) is 3.32. The summed E-state index contributed by atoms with van der Waals surface area (Å²) in [6, 6.07) is 7.09. The van der Waals surface area contributed by atoms with E-state index in [-0.39, 0.29) is 11.5 Å². The molecular formula is C18H24N4O2. The predicted octanol–water partition coefficient (Wildman–Crippen LogP) is 1.58. The number of hydrogen-bond acceptors (Lipinski definition) is 4. The first-order valence-corrected chi connectivity index (χ1v) is 8.70. The van der Waals surface area contributed by atoms with Crippen LogP contribution in [0.4, 0.5) is 0 Å². The number of rotatable bonds is 6. The molecule has 0 unspecified atom stereocenters. The lowest BCUT2D eigenvalue weighted by Gasteiger charge is -2.20. The lowest BCUT2D eigenvalue weighted by atomic mass is 10.2. The second-order valence-corrected chi connectivity index (χ2v) is 6.24. The maximum Gasteiger partial charge on any atom is 0.258 e. The van der Waals surface area contributed by atoms with Gasteiger partial charge < -0.3 is 10.2 Å². The highest BCUT2D eigenvalue weighted by Gasteiger charge is 2.15. The third kappa shape index (κ3) is 4.20. The number of carbonyl (C=O) groups excluding carboxylic acids is 1. The monoisotopic (exact) mass is 328 g/mol. The molecule has 1 N–H and O–H groups in total. The van der Waals surface area contributed by atoms with Gasteiger partial charge in [-0.15, -0.1) is 0 Å². The van der Waals surface area contributed by atoms with Gasteiger partial charge in [0.2, 0.25) is 5.91 Å². The average Bonchev–Trinajstić information content (AvgIpc) is 2.79. The highest BCUT2D eigenvalue weighted by Crippen LogP contribution is 2.11. The molecular weight excluding hydrogens is 304 g/mol. The van der Waals surface area contributed by atoms with Gasteiger partial charge >= 0.3 is 0 Å². The van der Waals surface area contributed by atoms with Crippen molar-refractivity contribution >= 4 is 11.6 Å². The maximum atomic E-state index is 12.0. The van der Waals surface area contributed by atoms with Crippen LogP contribution in [0.25, 0.3) is 5.65 Å². The summed E-state index contributed by atoms with van der Waals surface area (Å²) < 4.78 is 1.54. The van der Waals surface area contributed by atoms with Crippen LogP contribution in [-0.4, -0.2) is 39.8 Å². The summed E-state index contributed by atoms with van der Waals surface area (Å²) >= 11 is 0. The fraction of sp³-hybridized carbons (Fsp3) is 0.500. The highest BCUT2D eigenvalue weighted by molar-refractivity contribution is 5.76. The van der Waals surface area contributed by atoms with Crippen molar-refractivity contribution in [3.05, 3.63) is 46.5 Å². The Morgan fingerprint density at radius 2 is 2.08 bits per heavy atom. The topological polar surface area (TPSA) is 66.7 Å². The van der Waals surface area contributed by atoms with Gasteiger partial charge in [0.05, 0.1) is 5.69 Å². The van der Waals surface area contributed by atoms with Crippen LogP contribution in [-0.2, 0) is 11.3 Å². The molecule has 1 aliphatic rings. The molecule has 0 aliphatic carbocycles. The molecule has 3 rings (SSSR count). The van der Waals surface area contributed by atoms with Crippen molar-refractivity contribution in [2.24, 2.45) is 0 Å². The molecule has 24 heavy (non-hydrogen) atoms. The van der Waals surface area contributed by atoms with E-state index >= 15 is 0 Å². The zero-order valence-electron chi connectivity index (χ0n) is 13.9. The molecule has 2 aromatic rings. The van der Waals surface area contributed by atoms with E-state index < -0.39 is 0 Å². The number of nitrogens with one attached hydrogen (secondary N) is 1. The average molecular weight is 328 g/mol. The SMILES string of the molecule is O=C1CCCCCN1CCCNCc1cc(=O)n2ccccc2n1. The Labute approximate surface area is 141 Å². The van der Waals surface area contributed by atoms with Gasteiger partial charge in [0, 0.05) is 38.3 Å². The van der Waals surface area contributed by atoms with Gasteiger partial charge in [-0.25, -0.2) is 4.98 Å². The van der Waals surface area contributed by atoms with Crippen molar-refractivity contribution in [1.82, 2.24) is 19.6 Å². The molecule has 0 aromatic carbocycles. The Kier molecular flexibility index (Phi) is 5.59. The Bertz CT molecular complexity index is 756. The van der Waals surface area contributed by atoms with Gasteiger partial charge in [-0.1, -0.05) is 12.5 Å². The van der Waals surface area contributed by atoms with E-state index in [1.807, 2.05) is 23.1 Å². The lowest BCUT2D eigenvalue weighted by molar-refractivity contribution is -0.130. The molecule has 0 atom stereocenters. The molecule has 3 heterocycles. The molecule has 0 radical (unpaired) electrons. The Hall–Kier alpha value is -2.21. The molecule has 6 heteroatoms. The van der Waals surface area contributed by atoms with E-state index in [2.05, 4.69) is 10.3 Å². The number of hydrogen-bond donors (Lipinski definition) is 1. The van der Waals surface area contributed by atoms with E-state index in [4.69, 9.17) is 0 Å². The lowest BCUT2D eigenvalue weighted by Crippen LogP contribution is -2.33. The van der Waals surface area contributed by atoms with Crippen LogP contribution in [0, 0.1) is 0 Å². The van der Waals surface area contributed by atoms with Crippen LogP contribution in [0.3, 0.4) is 0 Å². The molecule has 1 saturated heterocycles. The van der Waals surface area contributed by atoms with Gasteiger partial charge in [0.15, 0.2) is 0 Å². The fourth-order valence-electron chi connectivity index (χ4n) is 3.08. The van der Waals surface area contributed by atoms with Gasteiger partial charge in [0.25, 0.3) is 5.56 Å². The van der Waals surface area contributed by atoms with Crippen molar-refractivity contribution in [1.29, 1.82) is 0 Å². The minimum atomic E-state index is -0.0624. The van der Waals surface area contributed by atoms with E-state index in [1.165, 1.54) is 4.40 Å². The van der Waals surface area contributed by atoms with Crippen LogP contribution in [0.1, 0.15) is 37.8 Å². The maximum absolute atomic E-state index is 12.0. The van der Waals surface area contributed by atoms with E-state index in [0.717, 1.165) is 51.0 Å². The zero-order chi connectivity index (χ0) is 16.8. The molecule has 6 nitrogen and oxygen atoms in total. The third-order valence-corrected chi connectivity index (χ3v) is 4.38. The summed E-state index contributed by atoms with van der Waals surface area (Å²) in [6.07, 6.45) is 6.63. The van der Waals surface area contributed by atoms with Gasteiger partial charge in [-0.2, -0.15) is 0 Å². The number of pyridine rings is 1. The normalized spacial score (nSPS) is 15.7. The smallest absolute Gasteiger partial charge is 0.258 e. The number of amides is 1. The molecule has 2 aromatic heterocycles. The van der Waals surface area contributed by atoms with Crippen LogP contribution >= 0.6 is 0 Å². The Morgan fingerprint density at radius 3 is 3.00 bits per heavy atom. The van der Waals surface area contributed by atoms with Gasteiger partial charge in [-0.05, 0) is 37.9 Å². The minimum absolute atomic E-state index is 0.0624. The Balaban J connectivity index is 1.46. The first-order chi connectivity index (χ1) is 11.7. The van der Waals surface area contributed by atoms with E-state index in [9.17, 15) is 9.59 Å². The third-order valence-electron chi connectivity index (χ3n) is 4.38. The highest BCUT2D eigenvalue weighted by atomic mass is 16.2. The largest absolute Gasteiger partial charge is 0.343 e. The summed E-state index contributed by atoms with van der Waals surface area (Å²) in [5.41, 5.74) is 1.35. The van der Waals surface area contributed by atoms with Crippen LogP contribution < -0.4 is 10.9 Å².